The second-order valence-corrected chi connectivity index (χ2v) is 4.96. The van der Waals surface area contributed by atoms with Crippen molar-refractivity contribution in [3.05, 3.63) is 65.7 Å². The first-order valence-electron chi connectivity index (χ1n) is 6.88. The van der Waals surface area contributed by atoms with Gasteiger partial charge in [-0.05, 0) is 0 Å². The van der Waals surface area contributed by atoms with Crippen LogP contribution in [0.2, 0.25) is 0 Å². The van der Waals surface area contributed by atoms with E-state index in [1.165, 1.54) is 0 Å². The molecule has 0 spiro atoms. The minimum Gasteiger partial charge on any atom is -0.375 e. The van der Waals surface area contributed by atoms with Crippen LogP contribution in [0.3, 0.4) is 0 Å². The predicted molar refractivity (Wildman–Crippen MR) is 80.1 cm³/mol. The molecule has 118 valence electrons. The Labute approximate surface area is 130 Å². The van der Waals surface area contributed by atoms with Crippen LogP contribution >= 0.6 is 0 Å². The lowest BCUT2D eigenvalue weighted by molar-refractivity contribution is 0.496. The van der Waals surface area contributed by atoms with E-state index in [2.05, 4.69) is 15.5 Å². The Balaban J connectivity index is 1.80. The van der Waals surface area contributed by atoms with E-state index >= 15 is 0 Å². The Kier molecular flexibility index (Phi) is 4.01. The number of nitrogens with zero attached hydrogens (tertiary/aromatic N) is 3. The molecule has 3 rings (SSSR count). The molecule has 0 atom stereocenters. The van der Waals surface area contributed by atoms with Gasteiger partial charge in [0.15, 0.2) is 23.3 Å². The lowest BCUT2D eigenvalue weighted by Gasteiger charge is -2.08. The molecule has 23 heavy (non-hydrogen) atoms. The average Bonchev–Trinajstić information content (AvgIpc) is 2.91. The molecule has 3 aromatic rings. The molecule has 0 saturated carbocycles. The van der Waals surface area contributed by atoms with Crippen molar-refractivity contribution in [2.24, 2.45) is 7.05 Å². The maximum Gasteiger partial charge on any atom is 0.163 e. The SMILES string of the molecule is Cn1c(CNc2cc(F)c(F)cc2F)nnc1-c1ccccc1. The van der Waals surface area contributed by atoms with Crippen molar-refractivity contribution in [2.45, 2.75) is 6.54 Å². The third-order valence-electron chi connectivity index (χ3n) is 3.44. The summed E-state index contributed by atoms with van der Waals surface area (Å²) >= 11 is 0. The number of hydrogen-bond acceptors (Lipinski definition) is 3. The molecule has 4 nitrogen and oxygen atoms in total. The van der Waals surface area contributed by atoms with Gasteiger partial charge in [0, 0.05) is 24.7 Å². The van der Waals surface area contributed by atoms with Crippen LogP contribution in [-0.4, -0.2) is 14.8 Å². The van der Waals surface area contributed by atoms with Crippen molar-refractivity contribution in [1.29, 1.82) is 0 Å². The van der Waals surface area contributed by atoms with Gasteiger partial charge < -0.3 is 9.88 Å². The van der Waals surface area contributed by atoms with Crippen LogP contribution in [0.15, 0.2) is 42.5 Å². The van der Waals surface area contributed by atoms with E-state index in [1.54, 1.807) is 11.6 Å². The van der Waals surface area contributed by atoms with Gasteiger partial charge in [-0.2, -0.15) is 0 Å². The summed E-state index contributed by atoms with van der Waals surface area (Å²) in [4.78, 5) is 0. The third-order valence-corrected chi connectivity index (χ3v) is 3.44. The first-order chi connectivity index (χ1) is 11.1. The van der Waals surface area contributed by atoms with Crippen molar-refractivity contribution in [3.63, 3.8) is 0 Å². The molecule has 1 aromatic heterocycles. The fourth-order valence-electron chi connectivity index (χ4n) is 2.19. The quantitative estimate of drug-likeness (QED) is 0.749. The Bertz CT molecular complexity index is 831. The second-order valence-electron chi connectivity index (χ2n) is 4.96. The maximum atomic E-state index is 13.6. The van der Waals surface area contributed by atoms with Crippen molar-refractivity contribution >= 4 is 5.69 Å². The summed E-state index contributed by atoms with van der Waals surface area (Å²) in [5, 5.41) is 10.8. The van der Waals surface area contributed by atoms with Gasteiger partial charge in [0.25, 0.3) is 0 Å². The Morgan fingerprint density at radius 1 is 0.957 bits per heavy atom. The van der Waals surface area contributed by atoms with Gasteiger partial charge in [0.2, 0.25) is 0 Å². The molecule has 2 aromatic carbocycles. The molecule has 0 unspecified atom stereocenters. The minimum absolute atomic E-state index is 0.123. The van der Waals surface area contributed by atoms with Gasteiger partial charge in [-0.3, -0.25) is 0 Å². The van der Waals surface area contributed by atoms with Gasteiger partial charge in [-0.15, -0.1) is 10.2 Å². The summed E-state index contributed by atoms with van der Waals surface area (Å²) in [5.41, 5.74) is 0.765. The second kappa shape index (κ2) is 6.12. The number of benzene rings is 2. The van der Waals surface area contributed by atoms with Gasteiger partial charge >= 0.3 is 0 Å². The largest absolute Gasteiger partial charge is 0.375 e. The Hall–Kier alpha value is -2.83. The van der Waals surface area contributed by atoms with Crippen molar-refractivity contribution < 1.29 is 13.2 Å². The summed E-state index contributed by atoms with van der Waals surface area (Å²) < 4.78 is 41.4. The van der Waals surface area contributed by atoms with E-state index in [0.717, 1.165) is 11.6 Å². The number of aromatic nitrogens is 3. The van der Waals surface area contributed by atoms with Crippen molar-refractivity contribution in [1.82, 2.24) is 14.8 Å². The third kappa shape index (κ3) is 3.03. The maximum absolute atomic E-state index is 13.6. The monoisotopic (exact) mass is 318 g/mol. The molecule has 0 aliphatic carbocycles. The van der Waals surface area contributed by atoms with E-state index in [-0.39, 0.29) is 12.2 Å². The van der Waals surface area contributed by atoms with Gasteiger partial charge in [0.05, 0.1) is 12.2 Å². The molecule has 0 aliphatic heterocycles. The molecule has 0 aliphatic rings. The Morgan fingerprint density at radius 3 is 2.39 bits per heavy atom. The summed E-state index contributed by atoms with van der Waals surface area (Å²) in [7, 11) is 1.78. The smallest absolute Gasteiger partial charge is 0.163 e. The number of halogens is 3. The van der Waals surface area contributed by atoms with Crippen LogP contribution in [0.4, 0.5) is 18.9 Å². The van der Waals surface area contributed by atoms with Gasteiger partial charge in [-0.25, -0.2) is 13.2 Å². The Morgan fingerprint density at radius 2 is 1.65 bits per heavy atom. The van der Waals surface area contributed by atoms with E-state index in [0.29, 0.717) is 17.7 Å². The van der Waals surface area contributed by atoms with Gasteiger partial charge in [0.1, 0.15) is 5.82 Å². The molecule has 0 amide bonds. The zero-order valence-electron chi connectivity index (χ0n) is 12.2. The molecule has 0 bridgehead atoms. The number of nitrogens with one attached hydrogen (secondary N) is 1. The normalized spacial score (nSPS) is 10.8. The van der Waals surface area contributed by atoms with Crippen LogP contribution in [0.5, 0.6) is 0 Å². The van der Waals surface area contributed by atoms with Crippen molar-refractivity contribution in [2.75, 3.05) is 5.32 Å². The fraction of sp³-hybridized carbons (Fsp3) is 0.125. The molecule has 0 radical (unpaired) electrons. The highest BCUT2D eigenvalue weighted by Crippen LogP contribution is 2.20. The van der Waals surface area contributed by atoms with E-state index < -0.39 is 17.5 Å². The number of hydrogen-bond donors (Lipinski definition) is 1. The molecule has 1 heterocycles. The minimum atomic E-state index is -1.22. The van der Waals surface area contributed by atoms with E-state index in [9.17, 15) is 13.2 Å². The summed E-state index contributed by atoms with van der Waals surface area (Å²) in [5.74, 6) is -2.01. The molecular formula is C16H13F3N4. The molecule has 0 fully saturated rings. The molecule has 7 heteroatoms. The number of anilines is 1. The van der Waals surface area contributed by atoms with E-state index in [4.69, 9.17) is 0 Å². The summed E-state index contributed by atoms with van der Waals surface area (Å²) in [6, 6.07) is 10.8. The zero-order chi connectivity index (χ0) is 16.4. The highest BCUT2D eigenvalue weighted by molar-refractivity contribution is 5.55. The number of rotatable bonds is 4. The van der Waals surface area contributed by atoms with Gasteiger partial charge in [-0.1, -0.05) is 30.3 Å². The first-order valence-corrected chi connectivity index (χ1v) is 6.88. The standard InChI is InChI=1S/C16H13F3N4/c1-23-15(21-22-16(23)10-5-3-2-4-6-10)9-20-14-8-12(18)11(17)7-13(14)19/h2-8,20H,9H2,1H3. The molecule has 0 saturated heterocycles. The highest BCUT2D eigenvalue weighted by Gasteiger charge is 2.13. The zero-order valence-corrected chi connectivity index (χ0v) is 12.2. The topological polar surface area (TPSA) is 42.7 Å². The van der Waals surface area contributed by atoms with Crippen LogP contribution in [-0.2, 0) is 13.6 Å². The average molecular weight is 318 g/mol. The van der Waals surface area contributed by atoms with Crippen LogP contribution in [0.1, 0.15) is 5.82 Å². The van der Waals surface area contributed by atoms with Crippen LogP contribution in [0.25, 0.3) is 11.4 Å². The predicted octanol–water partition coefficient (Wildman–Crippen LogP) is 3.51. The van der Waals surface area contributed by atoms with E-state index in [1.807, 2.05) is 30.3 Å². The van der Waals surface area contributed by atoms with Crippen molar-refractivity contribution in [3.8, 4) is 11.4 Å². The lowest BCUT2D eigenvalue weighted by atomic mass is 10.2. The molecule has 1 N–H and O–H groups in total. The molecular weight excluding hydrogens is 305 g/mol. The summed E-state index contributed by atoms with van der Waals surface area (Å²) in [6.45, 7) is 0.123. The van der Waals surface area contributed by atoms with Crippen LogP contribution < -0.4 is 5.32 Å². The lowest BCUT2D eigenvalue weighted by Crippen LogP contribution is -2.08. The fourth-order valence-corrected chi connectivity index (χ4v) is 2.19. The first kappa shape index (κ1) is 15.1. The summed E-state index contributed by atoms with van der Waals surface area (Å²) in [6.07, 6.45) is 0. The van der Waals surface area contributed by atoms with Crippen LogP contribution in [0, 0.1) is 17.5 Å². The highest BCUT2D eigenvalue weighted by atomic mass is 19.2.